The highest BCUT2D eigenvalue weighted by Gasteiger charge is 2.46. The molecule has 108 heavy (non-hydrogen) atoms. The molecule has 536 valence electrons. The maximum atomic E-state index is 2.67. The number of rotatable bonds is 9. The van der Waals surface area contributed by atoms with E-state index in [1.807, 2.05) is 0 Å². The smallest absolute Gasteiger partial charge is 0.252 e. The molecule has 2 aliphatic rings. The van der Waals surface area contributed by atoms with E-state index in [0.29, 0.717) is 0 Å². The molecule has 5 nitrogen and oxygen atoms in total. The normalized spacial score (nSPS) is 13.4. The first kappa shape index (κ1) is 69.9. The van der Waals surface area contributed by atoms with Crippen LogP contribution in [0.3, 0.4) is 0 Å². The van der Waals surface area contributed by atoms with Gasteiger partial charge in [-0.1, -0.05) is 282 Å². The number of hydrogen-bond acceptors (Lipinski definition) is 3. The molecule has 0 N–H and O–H groups in total. The van der Waals surface area contributed by atoms with Crippen molar-refractivity contribution in [2.75, 3.05) is 14.7 Å². The fraction of sp³-hybridized carbons (Fsp3) is 0.235. The van der Waals surface area contributed by atoms with Crippen LogP contribution in [0.25, 0.3) is 77.2 Å². The minimum absolute atomic E-state index is 0.0651. The van der Waals surface area contributed by atoms with Gasteiger partial charge in [-0.15, -0.1) is 0 Å². The molecule has 4 heterocycles. The average Bonchev–Trinajstić information content (AvgIpc) is 0.773. The topological polar surface area (TPSA) is 19.6 Å². The van der Waals surface area contributed by atoms with E-state index in [-0.39, 0.29) is 39.2 Å². The lowest BCUT2D eigenvalue weighted by atomic mass is 9.33. The minimum atomic E-state index is -0.200. The van der Waals surface area contributed by atoms with Crippen LogP contribution >= 0.6 is 0 Å². The zero-order valence-corrected chi connectivity index (χ0v) is 66.4. The lowest BCUT2D eigenvalue weighted by molar-refractivity contribution is 0.590. The third-order valence-electron chi connectivity index (χ3n) is 23.2. The van der Waals surface area contributed by atoms with Crippen LogP contribution in [0.2, 0.25) is 0 Å². The van der Waals surface area contributed by atoms with Gasteiger partial charge in [-0.2, -0.15) is 0 Å². The van der Waals surface area contributed by atoms with Gasteiger partial charge >= 0.3 is 0 Å². The fourth-order valence-electron chi connectivity index (χ4n) is 17.0. The standard InChI is InChI=1S/C102H100BN5/c1-97(2,3)69-41-51-84-78(57-69)79-58-70(98(4,5)6)42-52-85(79)105(84)90-33-25-27-35-92(90)107-88-55-45-73(101(13,14)15)61-82(88)103-83-62-74(102(16,17)18)46-56-89(83)108(93-36-28-26-34-91(93)106-86-53-43-71(99(7,8)9)59-80(86)81-60-72(100(10,11)12)44-54-87(81)106)95-64-77(63-94(107)96(95)103)104(75-47-37-67(38-48-75)65-29-21-19-22-30-65)76-49-39-68(40-50-76)66-31-23-20-24-32-66/h19-64H,1-18H3. The molecule has 0 spiro atoms. The van der Waals surface area contributed by atoms with Gasteiger partial charge in [-0.3, -0.25) is 0 Å². The second-order valence-corrected chi connectivity index (χ2v) is 36.8. The SMILES string of the molecule is CC(C)(C)c1ccc2c(c1)B1c3cc(C(C)(C)C)ccc3N(c3ccccc3-n3c4ccc(C(C)(C)C)cc4c4cc(C(C)(C)C)ccc43)c3cc(N(c4ccc(-c5ccccc5)cc4)c4ccc(-c5ccccc5)cc4)cc(c31)N2c1ccccc1-n1c2ccc(C(C)(C)C)cc2c2cc(C(C)(C)C)ccc21. The predicted molar refractivity (Wildman–Crippen MR) is 467 cm³/mol. The van der Waals surface area contributed by atoms with Gasteiger partial charge in [0.15, 0.2) is 0 Å². The number of hydrogen-bond donors (Lipinski definition) is 0. The molecule has 15 aromatic rings. The van der Waals surface area contributed by atoms with Crippen LogP contribution in [0.1, 0.15) is 158 Å². The molecule has 0 atom stereocenters. The predicted octanol–water partition coefficient (Wildman–Crippen LogP) is 26.6. The van der Waals surface area contributed by atoms with Gasteiger partial charge in [0.1, 0.15) is 0 Å². The van der Waals surface area contributed by atoms with Gasteiger partial charge in [-0.25, -0.2) is 0 Å². The highest BCUT2D eigenvalue weighted by molar-refractivity contribution is 7.00. The number of aromatic nitrogens is 2. The van der Waals surface area contributed by atoms with Crippen LogP contribution in [0.15, 0.2) is 279 Å². The van der Waals surface area contributed by atoms with E-state index < -0.39 is 0 Å². The molecule has 6 heteroatoms. The maximum Gasteiger partial charge on any atom is 0.252 e. The van der Waals surface area contributed by atoms with Gasteiger partial charge in [0.05, 0.1) is 50.5 Å². The van der Waals surface area contributed by atoms with Crippen molar-refractivity contribution in [1.29, 1.82) is 0 Å². The second kappa shape index (κ2) is 25.3. The van der Waals surface area contributed by atoms with Crippen LogP contribution in [-0.4, -0.2) is 15.8 Å². The van der Waals surface area contributed by atoms with Gasteiger partial charge in [0, 0.05) is 55.7 Å². The summed E-state index contributed by atoms with van der Waals surface area (Å²) in [5.41, 5.74) is 32.5. The Morgan fingerprint density at radius 3 is 0.796 bits per heavy atom. The third kappa shape index (κ3) is 11.9. The summed E-state index contributed by atoms with van der Waals surface area (Å²) >= 11 is 0. The maximum absolute atomic E-state index is 2.67. The lowest BCUT2D eigenvalue weighted by Gasteiger charge is -2.46. The highest BCUT2D eigenvalue weighted by atomic mass is 15.2. The largest absolute Gasteiger partial charge is 0.310 e. The van der Waals surface area contributed by atoms with Crippen LogP contribution < -0.4 is 31.1 Å². The Morgan fingerprint density at radius 2 is 0.491 bits per heavy atom. The van der Waals surface area contributed by atoms with Crippen molar-refractivity contribution in [3.8, 4) is 33.6 Å². The Hall–Kier alpha value is -11.1. The summed E-state index contributed by atoms with van der Waals surface area (Å²) in [6.07, 6.45) is 0. The van der Waals surface area contributed by atoms with E-state index in [9.17, 15) is 0 Å². The molecule has 17 rings (SSSR count). The van der Waals surface area contributed by atoms with Crippen molar-refractivity contribution < 1.29 is 0 Å². The monoisotopic (exact) mass is 1410 g/mol. The Bertz CT molecular complexity index is 5540. The molecular weight excluding hydrogens is 1310 g/mol. The first-order valence-electron chi connectivity index (χ1n) is 38.9. The van der Waals surface area contributed by atoms with Crippen molar-refractivity contribution >= 4 is 118 Å². The van der Waals surface area contributed by atoms with E-state index in [1.54, 1.807) is 0 Å². The van der Waals surface area contributed by atoms with Gasteiger partial charge in [0.2, 0.25) is 0 Å². The molecule has 0 bridgehead atoms. The minimum Gasteiger partial charge on any atom is -0.310 e. The summed E-state index contributed by atoms with van der Waals surface area (Å²) in [4.78, 5) is 7.86. The Labute approximate surface area is 640 Å². The summed E-state index contributed by atoms with van der Waals surface area (Å²) < 4.78 is 5.15. The molecule has 0 radical (unpaired) electrons. The number of benzene rings is 13. The summed E-state index contributed by atoms with van der Waals surface area (Å²) in [5.74, 6) is 0. The molecule has 0 aliphatic carbocycles. The summed E-state index contributed by atoms with van der Waals surface area (Å²) in [7, 11) is 0. The third-order valence-corrected chi connectivity index (χ3v) is 23.2. The molecule has 0 unspecified atom stereocenters. The van der Waals surface area contributed by atoms with E-state index in [2.05, 4.69) is 428 Å². The molecular formula is C102H100BN5. The molecule has 0 saturated carbocycles. The second-order valence-electron chi connectivity index (χ2n) is 36.8. The van der Waals surface area contributed by atoms with Crippen molar-refractivity contribution in [2.24, 2.45) is 0 Å². The van der Waals surface area contributed by atoms with Crippen molar-refractivity contribution in [3.63, 3.8) is 0 Å². The van der Waals surface area contributed by atoms with Gasteiger partial charge < -0.3 is 23.8 Å². The van der Waals surface area contributed by atoms with Crippen LogP contribution in [0.4, 0.5) is 51.2 Å². The lowest BCUT2D eigenvalue weighted by Crippen LogP contribution is -2.61. The summed E-state index contributed by atoms with van der Waals surface area (Å²) in [6, 6.07) is 108. The van der Waals surface area contributed by atoms with Crippen molar-refractivity contribution in [2.45, 2.75) is 157 Å². The Balaban J connectivity index is 1.02. The molecule has 0 fully saturated rings. The van der Waals surface area contributed by atoms with E-state index in [1.165, 1.54) is 105 Å². The van der Waals surface area contributed by atoms with Crippen LogP contribution in [0, 0.1) is 0 Å². The zero-order valence-electron chi connectivity index (χ0n) is 66.4. The summed E-state index contributed by atoms with van der Waals surface area (Å²) in [6.45, 7) is 42.0. The highest BCUT2D eigenvalue weighted by Crippen LogP contribution is 2.53. The molecule has 2 aromatic heterocycles. The quantitative estimate of drug-likeness (QED) is 0.134. The first-order chi connectivity index (χ1) is 51.4. The fourth-order valence-corrected chi connectivity index (χ4v) is 17.0. The number of anilines is 9. The molecule has 0 amide bonds. The molecule has 2 aliphatic heterocycles. The average molecular weight is 1410 g/mol. The zero-order chi connectivity index (χ0) is 75.5. The van der Waals surface area contributed by atoms with E-state index in [0.717, 1.165) is 73.7 Å². The molecule has 0 saturated heterocycles. The van der Waals surface area contributed by atoms with Gasteiger partial charge in [-0.05, 0) is 226 Å². The van der Waals surface area contributed by atoms with E-state index in [4.69, 9.17) is 0 Å². The Kier molecular flexibility index (Phi) is 16.4. The van der Waals surface area contributed by atoms with Crippen molar-refractivity contribution in [1.82, 2.24) is 9.13 Å². The van der Waals surface area contributed by atoms with Crippen LogP contribution in [-0.2, 0) is 32.5 Å². The van der Waals surface area contributed by atoms with Crippen LogP contribution in [0.5, 0.6) is 0 Å². The van der Waals surface area contributed by atoms with Gasteiger partial charge in [0.25, 0.3) is 6.71 Å². The molecule has 13 aromatic carbocycles. The number of para-hydroxylation sites is 4. The van der Waals surface area contributed by atoms with E-state index >= 15 is 0 Å². The number of nitrogens with zero attached hydrogens (tertiary/aromatic N) is 5. The number of fused-ring (bicyclic) bond motifs is 10. The first-order valence-corrected chi connectivity index (χ1v) is 38.9. The Morgan fingerprint density at radius 1 is 0.222 bits per heavy atom. The van der Waals surface area contributed by atoms with Crippen molar-refractivity contribution in [3.05, 3.63) is 312 Å². The summed E-state index contributed by atoms with van der Waals surface area (Å²) in [5, 5.41) is 5.03.